The Kier molecular flexibility index (Phi) is 5.00. The Balaban J connectivity index is 2.06. The molecule has 0 spiro atoms. The lowest BCUT2D eigenvalue weighted by Gasteiger charge is -2.46. The molecule has 0 atom stereocenters. The summed E-state index contributed by atoms with van der Waals surface area (Å²) < 4.78 is 47.5. The number of carbonyl (C=O) groups is 1. The topological polar surface area (TPSA) is 58.8 Å². The Morgan fingerprint density at radius 3 is 2.70 bits per heavy atom. The SMILES string of the molecule is COCc1cc(C(=O)N2CCN(CC(F)(F)F)CC2(C)C)no1. The lowest BCUT2D eigenvalue weighted by molar-refractivity contribution is -0.153. The Morgan fingerprint density at radius 2 is 2.13 bits per heavy atom. The zero-order valence-electron chi connectivity index (χ0n) is 13.3. The molecule has 0 aliphatic carbocycles. The van der Waals surface area contributed by atoms with E-state index in [1.165, 1.54) is 23.0 Å². The number of carbonyl (C=O) groups excluding carboxylic acids is 1. The Labute approximate surface area is 132 Å². The molecule has 1 saturated heterocycles. The minimum Gasteiger partial charge on any atom is -0.377 e. The molecule has 1 aliphatic rings. The van der Waals surface area contributed by atoms with Crippen LogP contribution in [0.2, 0.25) is 0 Å². The van der Waals surface area contributed by atoms with Crippen LogP contribution in [0.25, 0.3) is 0 Å². The minimum atomic E-state index is -4.25. The van der Waals surface area contributed by atoms with Crippen LogP contribution >= 0.6 is 0 Å². The lowest BCUT2D eigenvalue weighted by Crippen LogP contribution is -2.62. The van der Waals surface area contributed by atoms with Crippen molar-refractivity contribution in [2.24, 2.45) is 0 Å². The van der Waals surface area contributed by atoms with Gasteiger partial charge >= 0.3 is 6.18 Å². The van der Waals surface area contributed by atoms with Crippen LogP contribution in [-0.2, 0) is 11.3 Å². The van der Waals surface area contributed by atoms with Gasteiger partial charge in [-0.3, -0.25) is 9.69 Å². The quantitative estimate of drug-likeness (QED) is 0.841. The van der Waals surface area contributed by atoms with E-state index in [2.05, 4.69) is 5.16 Å². The van der Waals surface area contributed by atoms with Crippen LogP contribution < -0.4 is 0 Å². The van der Waals surface area contributed by atoms with Crippen molar-refractivity contribution in [1.82, 2.24) is 15.0 Å². The van der Waals surface area contributed by atoms with Crippen LogP contribution in [0.3, 0.4) is 0 Å². The number of methoxy groups -OCH3 is 1. The summed E-state index contributed by atoms with van der Waals surface area (Å²) in [6.07, 6.45) is -4.25. The first-order chi connectivity index (χ1) is 10.6. The molecule has 0 unspecified atom stereocenters. The van der Waals surface area contributed by atoms with E-state index in [-0.39, 0.29) is 37.8 Å². The highest BCUT2D eigenvalue weighted by molar-refractivity contribution is 5.92. The molecule has 0 radical (unpaired) electrons. The Bertz CT molecular complexity index is 557. The van der Waals surface area contributed by atoms with Crippen molar-refractivity contribution in [2.75, 3.05) is 33.3 Å². The van der Waals surface area contributed by atoms with Gasteiger partial charge in [0.1, 0.15) is 6.61 Å². The molecule has 1 aromatic heterocycles. The third-order valence-corrected chi connectivity index (χ3v) is 3.69. The van der Waals surface area contributed by atoms with Gasteiger partial charge in [0.25, 0.3) is 5.91 Å². The molecule has 6 nitrogen and oxygen atoms in total. The standard InChI is InChI=1S/C14H20F3N3O3/c1-13(2)8-19(9-14(15,16)17)4-5-20(13)12(21)11-6-10(7-22-3)23-18-11/h6H,4-5,7-9H2,1-3H3. The normalized spacial score (nSPS) is 19.1. The van der Waals surface area contributed by atoms with Crippen molar-refractivity contribution in [3.05, 3.63) is 17.5 Å². The van der Waals surface area contributed by atoms with Crippen LogP contribution in [-0.4, -0.2) is 65.9 Å². The summed E-state index contributed by atoms with van der Waals surface area (Å²) in [4.78, 5) is 15.4. The molecule has 0 aromatic carbocycles. The zero-order chi connectivity index (χ0) is 17.3. The highest BCUT2D eigenvalue weighted by Gasteiger charge is 2.41. The van der Waals surface area contributed by atoms with E-state index in [9.17, 15) is 18.0 Å². The van der Waals surface area contributed by atoms with Crippen molar-refractivity contribution < 1.29 is 27.2 Å². The predicted molar refractivity (Wildman–Crippen MR) is 74.8 cm³/mol. The number of piperazine rings is 1. The maximum absolute atomic E-state index is 12.5. The first kappa shape index (κ1) is 17.7. The summed E-state index contributed by atoms with van der Waals surface area (Å²) in [6.45, 7) is 3.21. The second-order valence-electron chi connectivity index (χ2n) is 6.21. The Morgan fingerprint density at radius 1 is 1.43 bits per heavy atom. The fraction of sp³-hybridized carbons (Fsp3) is 0.714. The van der Waals surface area contributed by atoms with Crippen LogP contribution in [0, 0.1) is 0 Å². The van der Waals surface area contributed by atoms with Gasteiger partial charge in [-0.15, -0.1) is 0 Å². The van der Waals surface area contributed by atoms with Gasteiger partial charge < -0.3 is 14.2 Å². The molecular weight excluding hydrogens is 315 g/mol. The van der Waals surface area contributed by atoms with Gasteiger partial charge in [-0.2, -0.15) is 13.2 Å². The molecule has 9 heteroatoms. The van der Waals surface area contributed by atoms with E-state index in [1.54, 1.807) is 13.8 Å². The highest BCUT2D eigenvalue weighted by Crippen LogP contribution is 2.26. The molecule has 23 heavy (non-hydrogen) atoms. The van der Waals surface area contributed by atoms with Crippen LogP contribution in [0.4, 0.5) is 13.2 Å². The second kappa shape index (κ2) is 6.48. The largest absolute Gasteiger partial charge is 0.401 e. The lowest BCUT2D eigenvalue weighted by atomic mass is 9.98. The average molecular weight is 335 g/mol. The number of nitrogens with zero attached hydrogens (tertiary/aromatic N) is 3. The molecule has 130 valence electrons. The summed E-state index contributed by atoms with van der Waals surface area (Å²) in [6, 6.07) is 1.49. The first-order valence-electron chi connectivity index (χ1n) is 7.18. The fourth-order valence-corrected chi connectivity index (χ4v) is 2.78. The van der Waals surface area contributed by atoms with Crippen LogP contribution in [0.15, 0.2) is 10.6 Å². The predicted octanol–water partition coefficient (Wildman–Crippen LogP) is 1.92. The monoisotopic (exact) mass is 335 g/mol. The number of hydrogen-bond acceptors (Lipinski definition) is 5. The van der Waals surface area contributed by atoms with Gasteiger partial charge in [0.2, 0.25) is 0 Å². The number of hydrogen-bond donors (Lipinski definition) is 0. The molecule has 1 aromatic rings. The van der Waals surface area contributed by atoms with Crippen molar-refractivity contribution in [3.63, 3.8) is 0 Å². The van der Waals surface area contributed by atoms with E-state index in [0.29, 0.717) is 5.76 Å². The van der Waals surface area contributed by atoms with Crippen molar-refractivity contribution in [3.8, 4) is 0 Å². The second-order valence-corrected chi connectivity index (χ2v) is 6.21. The van der Waals surface area contributed by atoms with E-state index in [1.807, 2.05) is 0 Å². The van der Waals surface area contributed by atoms with Gasteiger partial charge in [-0.25, -0.2) is 0 Å². The number of amides is 1. The number of ether oxygens (including phenoxy) is 1. The molecule has 0 N–H and O–H groups in total. The van der Waals surface area contributed by atoms with Crippen molar-refractivity contribution in [1.29, 1.82) is 0 Å². The van der Waals surface area contributed by atoms with Crippen LogP contribution in [0.1, 0.15) is 30.1 Å². The Hall–Kier alpha value is -1.61. The molecule has 0 saturated carbocycles. The summed E-state index contributed by atoms with van der Waals surface area (Å²) in [5.41, 5.74) is -0.601. The third kappa shape index (κ3) is 4.44. The van der Waals surface area contributed by atoms with E-state index < -0.39 is 18.3 Å². The first-order valence-corrected chi connectivity index (χ1v) is 7.18. The summed E-state index contributed by atoms with van der Waals surface area (Å²) >= 11 is 0. The number of alkyl halides is 3. The molecule has 1 fully saturated rings. The summed E-state index contributed by atoms with van der Waals surface area (Å²) in [7, 11) is 1.49. The number of rotatable bonds is 4. The minimum absolute atomic E-state index is 0.134. The van der Waals surface area contributed by atoms with Gasteiger partial charge in [0.15, 0.2) is 11.5 Å². The highest BCUT2D eigenvalue weighted by atomic mass is 19.4. The van der Waals surface area contributed by atoms with Gasteiger partial charge in [-0.1, -0.05) is 5.16 Å². The fourth-order valence-electron chi connectivity index (χ4n) is 2.78. The molecule has 1 aliphatic heterocycles. The summed E-state index contributed by atoms with van der Waals surface area (Å²) in [5.74, 6) is 0.0668. The molecule has 2 heterocycles. The average Bonchev–Trinajstić information content (AvgIpc) is 2.84. The zero-order valence-corrected chi connectivity index (χ0v) is 13.3. The maximum Gasteiger partial charge on any atom is 0.401 e. The number of halogens is 3. The van der Waals surface area contributed by atoms with E-state index in [0.717, 1.165) is 0 Å². The molecule has 1 amide bonds. The van der Waals surface area contributed by atoms with Crippen molar-refractivity contribution >= 4 is 5.91 Å². The molecule has 0 bridgehead atoms. The third-order valence-electron chi connectivity index (χ3n) is 3.69. The molecule has 2 rings (SSSR count). The van der Waals surface area contributed by atoms with Gasteiger partial charge in [-0.05, 0) is 13.8 Å². The van der Waals surface area contributed by atoms with Crippen LogP contribution in [0.5, 0.6) is 0 Å². The molecular formula is C14H20F3N3O3. The van der Waals surface area contributed by atoms with Gasteiger partial charge in [0, 0.05) is 32.8 Å². The number of aromatic nitrogens is 1. The summed E-state index contributed by atoms with van der Waals surface area (Å²) in [5, 5.41) is 3.71. The van der Waals surface area contributed by atoms with Crippen molar-refractivity contribution in [2.45, 2.75) is 32.2 Å². The van der Waals surface area contributed by atoms with E-state index >= 15 is 0 Å². The van der Waals surface area contributed by atoms with Gasteiger partial charge in [0.05, 0.1) is 12.1 Å². The van der Waals surface area contributed by atoms with E-state index in [4.69, 9.17) is 9.26 Å². The smallest absolute Gasteiger partial charge is 0.377 e. The maximum atomic E-state index is 12.5.